The van der Waals surface area contributed by atoms with E-state index < -0.39 is 9.84 Å². The fraction of sp³-hybridized carbons (Fsp3) is 0.714. The van der Waals surface area contributed by atoms with Crippen LogP contribution in [-0.4, -0.2) is 56.9 Å². The molecule has 1 saturated carbocycles. The normalized spacial score (nSPS) is 20.0. The molecule has 166 valence electrons. The first-order valence-electron chi connectivity index (χ1n) is 10.9. The van der Waals surface area contributed by atoms with Gasteiger partial charge in [-0.05, 0) is 45.4 Å². The zero-order valence-corrected chi connectivity index (χ0v) is 19.0. The van der Waals surface area contributed by atoms with Gasteiger partial charge in [0.05, 0.1) is 36.8 Å². The van der Waals surface area contributed by atoms with Crippen molar-refractivity contribution in [3.63, 3.8) is 0 Å². The highest BCUT2D eigenvalue weighted by Gasteiger charge is 2.33. The molecule has 0 radical (unpaired) electrons. The minimum Gasteiger partial charge on any atom is -0.376 e. The summed E-state index contributed by atoms with van der Waals surface area (Å²) in [7, 11) is -1.41. The predicted molar refractivity (Wildman–Crippen MR) is 114 cm³/mol. The Hall–Kier alpha value is -1.71. The van der Waals surface area contributed by atoms with E-state index in [4.69, 9.17) is 4.74 Å². The van der Waals surface area contributed by atoms with E-state index in [1.807, 2.05) is 22.4 Å². The first-order chi connectivity index (χ1) is 14.3. The summed E-state index contributed by atoms with van der Waals surface area (Å²) in [5.74, 6) is 1.48. The van der Waals surface area contributed by atoms with Gasteiger partial charge in [0.1, 0.15) is 5.82 Å². The maximum Gasteiger partial charge on any atom is 0.227 e. The highest BCUT2D eigenvalue weighted by molar-refractivity contribution is 7.91. The number of hydrogen-bond acceptors (Lipinski definition) is 6. The Balaban J connectivity index is 1.61. The van der Waals surface area contributed by atoms with Crippen LogP contribution in [0.1, 0.15) is 51.0 Å². The molecule has 0 amide bonds. The molecule has 0 aromatic carbocycles. The quantitative estimate of drug-likeness (QED) is 0.570. The van der Waals surface area contributed by atoms with E-state index in [9.17, 15) is 8.42 Å². The molecule has 9 heteroatoms. The molecule has 1 saturated heterocycles. The molecule has 1 unspecified atom stereocenters. The highest BCUT2D eigenvalue weighted by Crippen LogP contribution is 2.32. The van der Waals surface area contributed by atoms with Crippen LogP contribution < -0.4 is 0 Å². The third kappa shape index (κ3) is 4.95. The van der Waals surface area contributed by atoms with Crippen LogP contribution in [0.3, 0.4) is 0 Å². The third-order valence-electron chi connectivity index (χ3n) is 6.10. The van der Waals surface area contributed by atoms with Crippen molar-refractivity contribution in [2.24, 2.45) is 13.0 Å². The van der Waals surface area contributed by atoms with Crippen molar-refractivity contribution in [1.29, 1.82) is 0 Å². The summed E-state index contributed by atoms with van der Waals surface area (Å²) in [6.45, 7) is 6.89. The van der Waals surface area contributed by atoms with Crippen molar-refractivity contribution >= 4 is 9.84 Å². The van der Waals surface area contributed by atoms with Gasteiger partial charge in [0, 0.05) is 38.6 Å². The molecule has 2 aromatic heterocycles. The van der Waals surface area contributed by atoms with Crippen molar-refractivity contribution in [2.45, 2.75) is 76.5 Å². The van der Waals surface area contributed by atoms with Gasteiger partial charge in [-0.15, -0.1) is 0 Å². The van der Waals surface area contributed by atoms with Gasteiger partial charge < -0.3 is 13.9 Å². The fourth-order valence-corrected chi connectivity index (χ4v) is 5.83. The number of aryl methyl sites for hydroxylation is 1. The topological polar surface area (TPSA) is 82.3 Å². The van der Waals surface area contributed by atoms with Gasteiger partial charge in [-0.1, -0.05) is 0 Å². The number of rotatable bonds is 10. The van der Waals surface area contributed by atoms with E-state index >= 15 is 0 Å². The van der Waals surface area contributed by atoms with Crippen LogP contribution in [0.4, 0.5) is 0 Å². The van der Waals surface area contributed by atoms with Crippen molar-refractivity contribution in [1.82, 2.24) is 24.0 Å². The molecule has 1 aliphatic heterocycles. The number of sulfone groups is 1. The Morgan fingerprint density at radius 3 is 2.63 bits per heavy atom. The summed E-state index contributed by atoms with van der Waals surface area (Å²) in [4.78, 5) is 11.2. The minimum absolute atomic E-state index is 0.0508. The largest absolute Gasteiger partial charge is 0.376 e. The van der Waals surface area contributed by atoms with Crippen molar-refractivity contribution in [3.05, 3.63) is 30.1 Å². The maximum atomic E-state index is 13.1. The van der Waals surface area contributed by atoms with Crippen LogP contribution in [0.25, 0.3) is 0 Å². The Kier molecular flexibility index (Phi) is 6.31. The second kappa shape index (κ2) is 8.80. The Labute approximate surface area is 179 Å². The second-order valence-electron chi connectivity index (χ2n) is 8.96. The lowest BCUT2D eigenvalue weighted by Gasteiger charge is -2.27. The maximum absolute atomic E-state index is 13.1. The van der Waals surface area contributed by atoms with Crippen LogP contribution in [0.5, 0.6) is 0 Å². The average Bonchev–Trinajstić information content (AvgIpc) is 3.07. The molecule has 30 heavy (non-hydrogen) atoms. The summed E-state index contributed by atoms with van der Waals surface area (Å²) < 4.78 is 35.9. The molecule has 0 spiro atoms. The SMILES string of the molecule is CC(C)N(Cc1nccn1C)Cc1cnc(S(=O)(=O)CC2CC2)n1CC1CCCO1. The molecule has 0 N–H and O–H groups in total. The molecule has 4 rings (SSSR count). The van der Waals surface area contributed by atoms with Crippen LogP contribution in [0.15, 0.2) is 23.7 Å². The third-order valence-corrected chi connectivity index (χ3v) is 7.90. The van der Waals surface area contributed by atoms with Gasteiger partial charge in [0.15, 0.2) is 0 Å². The predicted octanol–water partition coefficient (Wildman–Crippen LogP) is 2.39. The van der Waals surface area contributed by atoms with E-state index in [1.54, 1.807) is 12.4 Å². The number of hydrogen-bond donors (Lipinski definition) is 0. The van der Waals surface area contributed by atoms with Crippen LogP contribution in [0, 0.1) is 5.92 Å². The summed E-state index contributed by atoms with van der Waals surface area (Å²) in [6.07, 6.45) is 9.53. The number of imidazole rings is 2. The van der Waals surface area contributed by atoms with Crippen LogP contribution in [-0.2, 0) is 41.3 Å². The Bertz CT molecular complexity index is 955. The summed E-state index contributed by atoms with van der Waals surface area (Å²) in [5.41, 5.74) is 0.919. The lowest BCUT2D eigenvalue weighted by molar-refractivity contribution is 0.0926. The smallest absolute Gasteiger partial charge is 0.227 e. The van der Waals surface area contributed by atoms with Gasteiger partial charge in [-0.2, -0.15) is 0 Å². The van der Waals surface area contributed by atoms with Crippen molar-refractivity contribution in [2.75, 3.05) is 12.4 Å². The molecular weight excluding hydrogens is 402 g/mol. The van der Waals surface area contributed by atoms with E-state index in [0.29, 0.717) is 25.6 Å². The van der Waals surface area contributed by atoms with Crippen molar-refractivity contribution in [3.8, 4) is 0 Å². The lowest BCUT2D eigenvalue weighted by atomic mass is 10.2. The molecule has 3 heterocycles. The van der Waals surface area contributed by atoms with E-state index in [0.717, 1.165) is 43.8 Å². The summed E-state index contributed by atoms with van der Waals surface area (Å²) in [5, 5.41) is 0.209. The Morgan fingerprint density at radius 1 is 1.23 bits per heavy atom. The molecule has 2 fully saturated rings. The van der Waals surface area contributed by atoms with E-state index in [2.05, 4.69) is 28.7 Å². The van der Waals surface area contributed by atoms with Gasteiger partial charge in [0.2, 0.25) is 15.0 Å². The summed E-state index contributed by atoms with van der Waals surface area (Å²) in [6, 6.07) is 0.277. The molecule has 1 aliphatic carbocycles. The Morgan fingerprint density at radius 2 is 2.03 bits per heavy atom. The standard InChI is InChI=1S/C21H33N5O3S/c1-16(2)25(14-20-22-8-9-24(20)3)12-18-11-23-21(30(27,28)15-17-6-7-17)26(18)13-19-5-4-10-29-19/h8-9,11,16-17,19H,4-7,10,12-15H2,1-3H3. The monoisotopic (exact) mass is 435 g/mol. The number of ether oxygens (including phenoxy) is 1. The highest BCUT2D eigenvalue weighted by atomic mass is 32.2. The molecule has 2 aromatic rings. The van der Waals surface area contributed by atoms with E-state index in [-0.39, 0.29) is 23.1 Å². The summed E-state index contributed by atoms with van der Waals surface area (Å²) >= 11 is 0. The van der Waals surface area contributed by atoms with Gasteiger partial charge in [-0.3, -0.25) is 4.90 Å². The first-order valence-corrected chi connectivity index (χ1v) is 12.6. The molecule has 8 nitrogen and oxygen atoms in total. The first kappa shape index (κ1) is 21.5. The van der Waals surface area contributed by atoms with Crippen LogP contribution in [0.2, 0.25) is 0 Å². The molecule has 1 atom stereocenters. The van der Waals surface area contributed by atoms with Gasteiger partial charge in [0.25, 0.3) is 0 Å². The molecular formula is C21H33N5O3S. The number of aromatic nitrogens is 4. The second-order valence-corrected chi connectivity index (χ2v) is 10.9. The zero-order valence-electron chi connectivity index (χ0n) is 18.2. The van der Waals surface area contributed by atoms with Crippen LogP contribution >= 0.6 is 0 Å². The molecule has 2 aliphatic rings. The number of nitrogens with zero attached hydrogens (tertiary/aromatic N) is 5. The van der Waals surface area contributed by atoms with Gasteiger partial charge >= 0.3 is 0 Å². The lowest BCUT2D eigenvalue weighted by Crippen LogP contribution is -2.32. The van der Waals surface area contributed by atoms with Crippen molar-refractivity contribution < 1.29 is 13.2 Å². The fourth-order valence-electron chi connectivity index (χ4n) is 3.98. The molecule has 0 bridgehead atoms. The van der Waals surface area contributed by atoms with E-state index in [1.165, 1.54) is 0 Å². The minimum atomic E-state index is -3.40. The van der Waals surface area contributed by atoms with Gasteiger partial charge in [-0.25, -0.2) is 18.4 Å². The average molecular weight is 436 g/mol. The zero-order chi connectivity index (χ0) is 21.3.